The van der Waals surface area contributed by atoms with E-state index in [-0.39, 0.29) is 37.4 Å². The fourth-order valence-electron chi connectivity index (χ4n) is 4.39. The molecule has 2 N–H and O–H groups in total. The van der Waals surface area contributed by atoms with E-state index < -0.39 is 18.0 Å². The zero-order valence-corrected chi connectivity index (χ0v) is 19.4. The molecule has 7 nitrogen and oxygen atoms in total. The third-order valence-corrected chi connectivity index (χ3v) is 6.06. The molecule has 1 unspecified atom stereocenters. The highest BCUT2D eigenvalue weighted by atomic mass is 16.5. The summed E-state index contributed by atoms with van der Waals surface area (Å²) in [6.07, 6.45) is 0.0690. The second-order valence-electron chi connectivity index (χ2n) is 8.71. The van der Waals surface area contributed by atoms with Crippen molar-refractivity contribution in [2.75, 3.05) is 26.2 Å². The van der Waals surface area contributed by atoms with Gasteiger partial charge in [0.15, 0.2) is 0 Å². The summed E-state index contributed by atoms with van der Waals surface area (Å²) < 4.78 is 5.55. The number of carboxylic acids is 1. The van der Waals surface area contributed by atoms with Gasteiger partial charge in [-0.25, -0.2) is 4.79 Å². The molecule has 0 radical (unpaired) electrons. The monoisotopic (exact) mass is 452 g/mol. The number of nitrogens with one attached hydrogen (secondary N) is 1. The Balaban J connectivity index is 1.61. The van der Waals surface area contributed by atoms with Crippen LogP contribution in [0.5, 0.6) is 0 Å². The van der Waals surface area contributed by atoms with Crippen molar-refractivity contribution in [3.05, 3.63) is 59.7 Å². The van der Waals surface area contributed by atoms with Gasteiger partial charge in [-0.3, -0.25) is 9.59 Å². The molecule has 0 saturated carbocycles. The Bertz CT molecular complexity index is 958. The highest BCUT2D eigenvalue weighted by Gasteiger charge is 2.30. The quantitative estimate of drug-likeness (QED) is 0.565. The number of alkyl carbamates (subject to hydrolysis) is 1. The Hall–Kier alpha value is -3.35. The number of aliphatic carboxylic acids is 1. The van der Waals surface area contributed by atoms with Gasteiger partial charge < -0.3 is 20.1 Å². The smallest absolute Gasteiger partial charge is 0.407 e. The molecule has 2 aromatic rings. The Morgan fingerprint density at radius 3 is 2.12 bits per heavy atom. The summed E-state index contributed by atoms with van der Waals surface area (Å²) >= 11 is 0. The normalized spacial score (nSPS) is 13.2. The van der Waals surface area contributed by atoms with Crippen molar-refractivity contribution in [2.24, 2.45) is 11.8 Å². The van der Waals surface area contributed by atoms with Crippen LogP contribution in [0.2, 0.25) is 0 Å². The molecule has 2 amide bonds. The van der Waals surface area contributed by atoms with Gasteiger partial charge in [0.2, 0.25) is 5.91 Å². The molecule has 0 bridgehead atoms. The largest absolute Gasteiger partial charge is 0.480 e. The van der Waals surface area contributed by atoms with Crippen molar-refractivity contribution >= 4 is 18.0 Å². The first-order valence-electron chi connectivity index (χ1n) is 11.4. The Morgan fingerprint density at radius 1 is 1.03 bits per heavy atom. The van der Waals surface area contributed by atoms with Crippen molar-refractivity contribution in [3.8, 4) is 11.1 Å². The number of amides is 2. The highest BCUT2D eigenvalue weighted by molar-refractivity contribution is 5.84. The fourth-order valence-corrected chi connectivity index (χ4v) is 4.39. The molecular weight excluding hydrogens is 420 g/mol. The number of nitrogens with zero attached hydrogens (tertiary/aromatic N) is 1. The van der Waals surface area contributed by atoms with Crippen molar-refractivity contribution in [3.63, 3.8) is 0 Å². The molecule has 7 heteroatoms. The number of benzene rings is 2. The number of hydrogen-bond acceptors (Lipinski definition) is 4. The van der Waals surface area contributed by atoms with E-state index in [4.69, 9.17) is 9.84 Å². The van der Waals surface area contributed by atoms with Gasteiger partial charge in [-0.15, -0.1) is 0 Å². The average molecular weight is 453 g/mol. The molecule has 0 fully saturated rings. The number of hydrogen-bond donors (Lipinski definition) is 2. The lowest BCUT2D eigenvalue weighted by molar-refractivity contribution is -0.147. The number of fused-ring (bicyclic) bond motifs is 3. The predicted octanol–water partition coefficient (Wildman–Crippen LogP) is 4.12. The first kappa shape index (κ1) is 24.3. The van der Waals surface area contributed by atoms with E-state index in [1.807, 2.05) is 45.0 Å². The molecule has 3 rings (SSSR count). The third kappa shape index (κ3) is 5.72. The molecule has 176 valence electrons. The maximum atomic E-state index is 12.9. The van der Waals surface area contributed by atoms with Crippen LogP contribution in [0.15, 0.2) is 48.5 Å². The molecule has 0 aromatic heterocycles. The second kappa shape index (κ2) is 11.0. The maximum Gasteiger partial charge on any atom is 0.407 e. The molecule has 1 aliphatic carbocycles. The van der Waals surface area contributed by atoms with Crippen LogP contribution in [0.25, 0.3) is 11.1 Å². The summed E-state index contributed by atoms with van der Waals surface area (Å²) in [5, 5.41) is 11.8. The number of carboxylic acid groups (broad SMARTS) is 1. The van der Waals surface area contributed by atoms with Gasteiger partial charge in [-0.05, 0) is 34.6 Å². The summed E-state index contributed by atoms with van der Waals surface area (Å²) in [6, 6.07) is 16.2. The van der Waals surface area contributed by atoms with E-state index >= 15 is 0 Å². The fraction of sp³-hybridized carbons (Fsp3) is 0.423. The molecule has 0 spiro atoms. The number of ether oxygens (including phenoxy) is 1. The lowest BCUT2D eigenvalue weighted by Crippen LogP contribution is -2.46. The minimum absolute atomic E-state index is 0.0405. The first-order valence-corrected chi connectivity index (χ1v) is 11.4. The van der Waals surface area contributed by atoms with Crippen LogP contribution in [0.4, 0.5) is 4.79 Å². The minimum Gasteiger partial charge on any atom is -0.480 e. The Morgan fingerprint density at radius 2 is 1.61 bits per heavy atom. The molecule has 1 atom stereocenters. The summed E-state index contributed by atoms with van der Waals surface area (Å²) in [4.78, 5) is 37.9. The van der Waals surface area contributed by atoms with Crippen LogP contribution < -0.4 is 5.32 Å². The number of rotatable bonds is 10. The van der Waals surface area contributed by atoms with Crippen LogP contribution in [0, 0.1) is 11.8 Å². The predicted molar refractivity (Wildman–Crippen MR) is 126 cm³/mol. The van der Waals surface area contributed by atoms with E-state index in [9.17, 15) is 14.4 Å². The molecule has 0 heterocycles. The van der Waals surface area contributed by atoms with Crippen LogP contribution in [-0.2, 0) is 14.3 Å². The molecule has 0 aliphatic heterocycles. The van der Waals surface area contributed by atoms with Crippen LogP contribution >= 0.6 is 0 Å². The van der Waals surface area contributed by atoms with Gasteiger partial charge in [0.1, 0.15) is 13.2 Å². The van der Waals surface area contributed by atoms with Gasteiger partial charge in [-0.1, -0.05) is 69.3 Å². The summed E-state index contributed by atoms with van der Waals surface area (Å²) in [5.74, 6) is -1.96. The van der Waals surface area contributed by atoms with Crippen molar-refractivity contribution in [1.29, 1.82) is 0 Å². The summed E-state index contributed by atoms with van der Waals surface area (Å²) in [5.41, 5.74) is 4.57. The van der Waals surface area contributed by atoms with Gasteiger partial charge in [0, 0.05) is 19.0 Å². The summed E-state index contributed by atoms with van der Waals surface area (Å²) in [6.45, 7) is 5.95. The second-order valence-corrected chi connectivity index (χ2v) is 8.71. The Kier molecular flexibility index (Phi) is 8.09. The number of carbonyl (C=O) groups is 3. The summed E-state index contributed by atoms with van der Waals surface area (Å²) in [7, 11) is 0. The molecule has 0 saturated heterocycles. The first-order chi connectivity index (χ1) is 15.8. The van der Waals surface area contributed by atoms with Gasteiger partial charge in [-0.2, -0.15) is 0 Å². The lowest BCUT2D eigenvalue weighted by Gasteiger charge is -2.28. The topological polar surface area (TPSA) is 95.9 Å². The van der Waals surface area contributed by atoms with Gasteiger partial charge >= 0.3 is 12.1 Å². The standard InChI is InChI=1S/C26H32N2O5/c1-4-13-28(15-24(29)30)25(31)22(17(2)3)14-27-26(32)33-16-23-20-11-7-5-9-18(20)19-10-6-8-12-21(19)23/h5-12,17,22-23H,4,13-16H2,1-3H3,(H,27,32)(H,29,30). The van der Waals surface area contributed by atoms with Crippen molar-refractivity contribution < 1.29 is 24.2 Å². The van der Waals surface area contributed by atoms with Crippen molar-refractivity contribution in [1.82, 2.24) is 10.2 Å². The SMILES string of the molecule is CCCN(CC(=O)O)C(=O)C(CNC(=O)OCC1c2ccccc2-c2ccccc21)C(C)C. The lowest BCUT2D eigenvalue weighted by atomic mass is 9.94. The zero-order valence-electron chi connectivity index (χ0n) is 19.4. The van der Waals surface area contributed by atoms with E-state index in [1.54, 1.807) is 0 Å². The van der Waals surface area contributed by atoms with E-state index in [0.717, 1.165) is 22.3 Å². The molecule has 1 aliphatic rings. The van der Waals surface area contributed by atoms with Crippen molar-refractivity contribution in [2.45, 2.75) is 33.1 Å². The van der Waals surface area contributed by atoms with Crippen LogP contribution in [0.3, 0.4) is 0 Å². The third-order valence-electron chi connectivity index (χ3n) is 6.06. The number of carbonyl (C=O) groups excluding carboxylic acids is 2. The van der Waals surface area contributed by atoms with E-state index in [0.29, 0.717) is 13.0 Å². The highest BCUT2D eigenvalue weighted by Crippen LogP contribution is 2.44. The minimum atomic E-state index is -1.05. The molecule has 2 aromatic carbocycles. The van der Waals surface area contributed by atoms with Gasteiger partial charge in [0.25, 0.3) is 0 Å². The van der Waals surface area contributed by atoms with Gasteiger partial charge in [0.05, 0.1) is 5.92 Å². The van der Waals surface area contributed by atoms with Crippen LogP contribution in [-0.4, -0.2) is 54.2 Å². The van der Waals surface area contributed by atoms with Crippen LogP contribution in [0.1, 0.15) is 44.2 Å². The molecular formula is C26H32N2O5. The zero-order chi connectivity index (χ0) is 24.0. The maximum absolute atomic E-state index is 12.9. The molecule has 33 heavy (non-hydrogen) atoms. The average Bonchev–Trinajstić information content (AvgIpc) is 3.10. The Labute approximate surface area is 194 Å². The van der Waals surface area contributed by atoms with E-state index in [1.165, 1.54) is 4.90 Å². The van der Waals surface area contributed by atoms with E-state index in [2.05, 4.69) is 29.6 Å².